The number of terminal acetylenes is 1. The van der Waals surface area contributed by atoms with Crippen molar-refractivity contribution in [3.8, 4) is 24.2 Å². The first-order chi connectivity index (χ1) is 6.85. The van der Waals surface area contributed by atoms with E-state index < -0.39 is 5.79 Å². The highest BCUT2D eigenvalue weighted by Gasteiger charge is 2.36. The maximum absolute atomic E-state index is 5.55. The van der Waals surface area contributed by atoms with E-state index in [1.165, 1.54) is 0 Å². The Hall–Kier alpha value is -2.06. The van der Waals surface area contributed by atoms with Crippen molar-refractivity contribution in [1.29, 1.82) is 0 Å². The molecular formula is C12H8O2. The molecule has 68 valence electrons. The predicted octanol–water partition coefficient (Wildman–Crippen LogP) is 1.72. The lowest BCUT2D eigenvalue weighted by Gasteiger charge is -2.20. The van der Waals surface area contributed by atoms with Crippen molar-refractivity contribution in [1.82, 2.24) is 0 Å². The zero-order chi connectivity index (χ0) is 9.86. The molecule has 0 radical (unpaired) electrons. The molecule has 2 heterocycles. The molecule has 0 aliphatic carbocycles. The molecule has 1 atom stereocenters. The van der Waals surface area contributed by atoms with Crippen LogP contribution in [0.15, 0.2) is 36.3 Å². The fourth-order valence-electron chi connectivity index (χ4n) is 1.30. The van der Waals surface area contributed by atoms with Crippen LogP contribution in [0.1, 0.15) is 6.42 Å². The summed E-state index contributed by atoms with van der Waals surface area (Å²) >= 11 is 0. The maximum atomic E-state index is 5.55. The molecule has 0 fully saturated rings. The lowest BCUT2D eigenvalue weighted by atomic mass is 10.2. The van der Waals surface area contributed by atoms with E-state index in [2.05, 4.69) is 17.8 Å². The summed E-state index contributed by atoms with van der Waals surface area (Å²) in [6.45, 7) is 0. The lowest BCUT2D eigenvalue weighted by molar-refractivity contribution is -0.115. The third-order valence-electron chi connectivity index (χ3n) is 1.92. The van der Waals surface area contributed by atoms with Crippen LogP contribution in [0.5, 0.6) is 0 Å². The first-order valence-electron chi connectivity index (χ1n) is 4.22. The van der Waals surface area contributed by atoms with Crippen LogP contribution in [0.2, 0.25) is 0 Å². The molecule has 14 heavy (non-hydrogen) atoms. The van der Waals surface area contributed by atoms with E-state index in [1.54, 1.807) is 12.3 Å². The average molecular weight is 184 g/mol. The summed E-state index contributed by atoms with van der Waals surface area (Å²) < 4.78 is 10.9. The number of hydrogen-bond donors (Lipinski definition) is 0. The van der Waals surface area contributed by atoms with Gasteiger partial charge >= 0.3 is 0 Å². The Balaban J connectivity index is 2.07. The minimum atomic E-state index is -0.621. The smallest absolute Gasteiger partial charge is 0.274 e. The summed E-state index contributed by atoms with van der Waals surface area (Å²) in [6, 6.07) is 0. The lowest BCUT2D eigenvalue weighted by Crippen LogP contribution is -2.24. The van der Waals surface area contributed by atoms with Crippen LogP contribution < -0.4 is 0 Å². The zero-order valence-corrected chi connectivity index (χ0v) is 7.49. The number of rotatable bonds is 0. The van der Waals surface area contributed by atoms with Gasteiger partial charge in [-0.1, -0.05) is 5.92 Å². The molecule has 2 rings (SSSR count). The van der Waals surface area contributed by atoms with E-state index >= 15 is 0 Å². The van der Waals surface area contributed by atoms with Crippen LogP contribution in [0.25, 0.3) is 0 Å². The van der Waals surface area contributed by atoms with Gasteiger partial charge in [-0.05, 0) is 24.0 Å². The van der Waals surface area contributed by atoms with Gasteiger partial charge in [0.1, 0.15) is 5.76 Å². The molecule has 2 aliphatic rings. The molecule has 0 aromatic rings. The summed E-state index contributed by atoms with van der Waals surface area (Å²) in [4.78, 5) is 0. The second kappa shape index (κ2) is 3.36. The average Bonchev–Trinajstić information content (AvgIpc) is 2.79. The van der Waals surface area contributed by atoms with Crippen molar-refractivity contribution in [2.45, 2.75) is 12.2 Å². The van der Waals surface area contributed by atoms with Gasteiger partial charge in [0.05, 0.1) is 12.7 Å². The fraction of sp³-hybridized carbons (Fsp3) is 0.167. The highest BCUT2D eigenvalue weighted by Crippen LogP contribution is 2.34. The molecule has 2 heteroatoms. The minimum absolute atomic E-state index is 0.621. The molecular weight excluding hydrogens is 176 g/mol. The quantitative estimate of drug-likeness (QED) is 0.534. The third-order valence-corrected chi connectivity index (χ3v) is 1.92. The second-order valence-electron chi connectivity index (χ2n) is 2.90. The maximum Gasteiger partial charge on any atom is 0.274 e. The van der Waals surface area contributed by atoms with E-state index in [0.29, 0.717) is 5.76 Å². The van der Waals surface area contributed by atoms with Crippen LogP contribution in [-0.4, -0.2) is 5.79 Å². The Kier molecular flexibility index (Phi) is 2.05. The largest absolute Gasteiger partial charge is 0.457 e. The first kappa shape index (κ1) is 8.53. The number of ether oxygens (including phenoxy) is 2. The van der Waals surface area contributed by atoms with E-state index in [0.717, 1.165) is 6.42 Å². The van der Waals surface area contributed by atoms with Crippen molar-refractivity contribution in [2.24, 2.45) is 0 Å². The van der Waals surface area contributed by atoms with Gasteiger partial charge in [0, 0.05) is 12.2 Å². The van der Waals surface area contributed by atoms with Gasteiger partial charge in [0.15, 0.2) is 0 Å². The highest BCUT2D eigenvalue weighted by molar-refractivity contribution is 5.34. The topological polar surface area (TPSA) is 18.5 Å². The molecule has 2 aliphatic heterocycles. The summed E-state index contributed by atoms with van der Waals surface area (Å²) in [6.07, 6.45) is 14.6. The Bertz CT molecular complexity index is 413. The third kappa shape index (κ3) is 1.51. The molecule has 1 spiro atoms. The Morgan fingerprint density at radius 3 is 3.21 bits per heavy atom. The molecule has 0 saturated heterocycles. The monoisotopic (exact) mass is 184 g/mol. The molecule has 2 nitrogen and oxygen atoms in total. The molecule has 0 aromatic heterocycles. The van der Waals surface area contributed by atoms with Gasteiger partial charge in [-0.15, -0.1) is 6.42 Å². The van der Waals surface area contributed by atoms with Gasteiger partial charge in [0.25, 0.3) is 5.79 Å². The van der Waals surface area contributed by atoms with Crippen LogP contribution in [0.4, 0.5) is 0 Å². The Labute approximate surface area is 82.9 Å². The predicted molar refractivity (Wildman–Crippen MR) is 52.5 cm³/mol. The van der Waals surface area contributed by atoms with Gasteiger partial charge in [0.2, 0.25) is 0 Å². The first-order valence-corrected chi connectivity index (χ1v) is 4.22. The molecule has 0 N–H and O–H groups in total. The SMILES string of the molecule is C#CC#C/C=C1\C=C[C@@]2(CC=CO2)O1. The molecule has 0 amide bonds. The van der Waals surface area contributed by atoms with Crippen molar-refractivity contribution in [3.05, 3.63) is 36.3 Å². The van der Waals surface area contributed by atoms with E-state index in [1.807, 2.05) is 18.2 Å². The van der Waals surface area contributed by atoms with E-state index in [-0.39, 0.29) is 0 Å². The van der Waals surface area contributed by atoms with Gasteiger partial charge in [-0.2, -0.15) is 0 Å². The summed E-state index contributed by atoms with van der Waals surface area (Å²) in [5, 5.41) is 0. The molecule has 0 bridgehead atoms. The molecule has 0 aromatic carbocycles. The van der Waals surface area contributed by atoms with Crippen LogP contribution in [0, 0.1) is 24.2 Å². The standard InChI is InChI=1S/C12H8O2/c1-2-3-4-6-11-7-9-12(14-11)8-5-10-13-12/h1,5-7,9-10H,8H2/b11-6+/t12-/m1/s1. The van der Waals surface area contributed by atoms with Crippen molar-refractivity contribution >= 4 is 0 Å². The van der Waals surface area contributed by atoms with Crippen LogP contribution in [0.3, 0.4) is 0 Å². The number of allylic oxidation sites excluding steroid dienone is 2. The molecule has 0 unspecified atom stereocenters. The Morgan fingerprint density at radius 1 is 1.57 bits per heavy atom. The fourth-order valence-corrected chi connectivity index (χ4v) is 1.30. The normalized spacial score (nSPS) is 29.5. The van der Waals surface area contributed by atoms with Crippen molar-refractivity contribution in [3.63, 3.8) is 0 Å². The summed E-state index contributed by atoms with van der Waals surface area (Å²) in [5.41, 5.74) is 0. The van der Waals surface area contributed by atoms with Gasteiger partial charge < -0.3 is 9.47 Å². The van der Waals surface area contributed by atoms with E-state index in [4.69, 9.17) is 15.9 Å². The minimum Gasteiger partial charge on any atom is -0.457 e. The van der Waals surface area contributed by atoms with Gasteiger partial charge in [-0.3, -0.25) is 0 Å². The molecule has 0 saturated carbocycles. The van der Waals surface area contributed by atoms with Crippen LogP contribution >= 0.6 is 0 Å². The summed E-state index contributed by atoms with van der Waals surface area (Å²) in [5.74, 6) is 7.45. The number of hydrogen-bond acceptors (Lipinski definition) is 2. The zero-order valence-electron chi connectivity index (χ0n) is 7.49. The van der Waals surface area contributed by atoms with Crippen molar-refractivity contribution < 1.29 is 9.47 Å². The summed E-state index contributed by atoms with van der Waals surface area (Å²) in [7, 11) is 0. The van der Waals surface area contributed by atoms with E-state index in [9.17, 15) is 0 Å². The Morgan fingerprint density at radius 2 is 2.50 bits per heavy atom. The second-order valence-corrected chi connectivity index (χ2v) is 2.90. The van der Waals surface area contributed by atoms with Gasteiger partial charge in [-0.25, -0.2) is 0 Å². The highest BCUT2D eigenvalue weighted by atomic mass is 16.7. The van der Waals surface area contributed by atoms with Crippen LogP contribution in [-0.2, 0) is 9.47 Å². The van der Waals surface area contributed by atoms with Crippen molar-refractivity contribution in [2.75, 3.05) is 0 Å².